The Labute approximate surface area is 134 Å². The molecule has 0 aliphatic carbocycles. The van der Waals surface area contributed by atoms with Crippen LogP contribution < -0.4 is 20.1 Å². The van der Waals surface area contributed by atoms with Crippen LogP contribution in [0.4, 0.5) is 5.69 Å². The third kappa shape index (κ3) is 4.10. The molecule has 1 aromatic rings. The number of hydrogen-bond donors (Lipinski definition) is 2. The van der Waals surface area contributed by atoms with Gasteiger partial charge in [0, 0.05) is 18.7 Å². The topological polar surface area (TPSA) is 103 Å². The standard InChI is InChI=1S/C15H21N3O5/c1-3-23-14-7-11(12(18(20)21)8-13(14)22-2)15(19)17-10-5-4-6-16-9-10/h7-8,10,16H,3-6,9H2,1-2H3,(H,17,19)/t10-/m0/s1. The molecule has 0 spiro atoms. The SMILES string of the molecule is CCOc1cc(C(=O)N[C@H]2CCCNC2)c([N+](=O)[O-])cc1OC. The van der Waals surface area contributed by atoms with E-state index in [0.29, 0.717) is 18.9 Å². The second-order valence-corrected chi connectivity index (χ2v) is 5.23. The molecule has 126 valence electrons. The first-order valence-electron chi connectivity index (χ1n) is 7.57. The number of carbonyl (C=O) groups excluding carboxylic acids is 1. The average molecular weight is 323 g/mol. The number of nitro groups is 1. The Morgan fingerprint density at radius 1 is 1.48 bits per heavy atom. The van der Waals surface area contributed by atoms with Gasteiger partial charge in [0.25, 0.3) is 11.6 Å². The van der Waals surface area contributed by atoms with Crippen LogP contribution in [0.15, 0.2) is 12.1 Å². The third-order valence-corrected chi connectivity index (χ3v) is 3.66. The highest BCUT2D eigenvalue weighted by Crippen LogP contribution is 2.34. The van der Waals surface area contributed by atoms with Gasteiger partial charge in [0.15, 0.2) is 11.5 Å². The van der Waals surface area contributed by atoms with Gasteiger partial charge >= 0.3 is 0 Å². The van der Waals surface area contributed by atoms with Crippen LogP contribution in [0.2, 0.25) is 0 Å². The lowest BCUT2D eigenvalue weighted by Crippen LogP contribution is -2.45. The van der Waals surface area contributed by atoms with Crippen molar-refractivity contribution in [2.75, 3.05) is 26.8 Å². The second-order valence-electron chi connectivity index (χ2n) is 5.23. The molecule has 8 nitrogen and oxygen atoms in total. The largest absolute Gasteiger partial charge is 0.493 e. The van der Waals surface area contributed by atoms with Crippen LogP contribution in [-0.4, -0.2) is 43.7 Å². The number of piperidine rings is 1. The van der Waals surface area contributed by atoms with Gasteiger partial charge in [0.2, 0.25) is 0 Å². The lowest BCUT2D eigenvalue weighted by atomic mass is 10.1. The van der Waals surface area contributed by atoms with Crippen molar-refractivity contribution in [3.63, 3.8) is 0 Å². The number of carbonyl (C=O) groups is 1. The van der Waals surface area contributed by atoms with Crippen LogP contribution in [0, 0.1) is 10.1 Å². The van der Waals surface area contributed by atoms with E-state index in [1.165, 1.54) is 19.2 Å². The smallest absolute Gasteiger partial charge is 0.286 e. The van der Waals surface area contributed by atoms with E-state index in [4.69, 9.17) is 9.47 Å². The molecule has 1 aliphatic heterocycles. The van der Waals surface area contributed by atoms with Crippen LogP contribution in [0.1, 0.15) is 30.1 Å². The summed E-state index contributed by atoms with van der Waals surface area (Å²) >= 11 is 0. The fraction of sp³-hybridized carbons (Fsp3) is 0.533. The number of ether oxygens (including phenoxy) is 2. The number of methoxy groups -OCH3 is 1. The predicted octanol–water partition coefficient (Wildman–Crippen LogP) is 1.48. The first-order valence-corrected chi connectivity index (χ1v) is 7.57. The summed E-state index contributed by atoms with van der Waals surface area (Å²) in [5.41, 5.74) is -0.323. The number of nitrogens with zero attached hydrogens (tertiary/aromatic N) is 1. The van der Waals surface area contributed by atoms with E-state index in [2.05, 4.69) is 10.6 Å². The van der Waals surface area contributed by atoms with Gasteiger partial charge in [-0.2, -0.15) is 0 Å². The van der Waals surface area contributed by atoms with Gasteiger partial charge in [-0.05, 0) is 26.3 Å². The van der Waals surface area contributed by atoms with Crippen molar-refractivity contribution in [3.05, 3.63) is 27.8 Å². The lowest BCUT2D eigenvalue weighted by Gasteiger charge is -2.23. The minimum absolute atomic E-state index is 0.0233. The van der Waals surface area contributed by atoms with Gasteiger partial charge in [-0.25, -0.2) is 0 Å². The number of hydrogen-bond acceptors (Lipinski definition) is 6. The maximum absolute atomic E-state index is 12.5. The molecule has 1 amide bonds. The van der Waals surface area contributed by atoms with Gasteiger partial charge in [-0.3, -0.25) is 14.9 Å². The van der Waals surface area contributed by atoms with E-state index in [1.807, 2.05) is 0 Å². The molecule has 0 radical (unpaired) electrons. The minimum Gasteiger partial charge on any atom is -0.493 e. The number of benzene rings is 1. The molecular weight excluding hydrogens is 302 g/mol. The molecule has 2 rings (SSSR count). The predicted molar refractivity (Wildman–Crippen MR) is 84.2 cm³/mol. The molecular formula is C15H21N3O5. The summed E-state index contributed by atoms with van der Waals surface area (Å²) in [4.78, 5) is 23.1. The Hall–Kier alpha value is -2.35. The maximum atomic E-state index is 12.5. The Kier molecular flexibility index (Phi) is 5.75. The monoisotopic (exact) mass is 323 g/mol. The molecule has 1 aromatic carbocycles. The Balaban J connectivity index is 2.31. The first-order chi connectivity index (χ1) is 11.1. The highest BCUT2D eigenvalue weighted by atomic mass is 16.6. The summed E-state index contributed by atoms with van der Waals surface area (Å²) in [7, 11) is 1.40. The number of nitro benzene ring substituents is 1. The fourth-order valence-electron chi connectivity index (χ4n) is 2.55. The van der Waals surface area contributed by atoms with Crippen LogP contribution in [0.25, 0.3) is 0 Å². The number of amides is 1. The van der Waals surface area contributed by atoms with Crippen molar-refractivity contribution < 1.29 is 19.2 Å². The zero-order chi connectivity index (χ0) is 16.8. The summed E-state index contributed by atoms with van der Waals surface area (Å²) in [6, 6.07) is 2.55. The summed E-state index contributed by atoms with van der Waals surface area (Å²) in [6.45, 7) is 3.73. The third-order valence-electron chi connectivity index (χ3n) is 3.66. The first kappa shape index (κ1) is 17.0. The van der Waals surface area contributed by atoms with E-state index in [0.717, 1.165) is 19.4 Å². The summed E-state index contributed by atoms with van der Waals surface area (Å²) < 4.78 is 10.5. The van der Waals surface area contributed by atoms with E-state index in [1.54, 1.807) is 6.92 Å². The molecule has 0 unspecified atom stereocenters. The lowest BCUT2D eigenvalue weighted by molar-refractivity contribution is -0.385. The zero-order valence-electron chi connectivity index (χ0n) is 13.3. The molecule has 23 heavy (non-hydrogen) atoms. The fourth-order valence-corrected chi connectivity index (χ4v) is 2.55. The molecule has 0 aromatic heterocycles. The molecule has 1 saturated heterocycles. The van der Waals surface area contributed by atoms with E-state index < -0.39 is 10.8 Å². The van der Waals surface area contributed by atoms with Crippen LogP contribution in [0.3, 0.4) is 0 Å². The zero-order valence-corrected chi connectivity index (χ0v) is 13.3. The Morgan fingerprint density at radius 2 is 2.26 bits per heavy atom. The van der Waals surface area contributed by atoms with Crippen molar-refractivity contribution in [1.29, 1.82) is 0 Å². The molecule has 8 heteroatoms. The normalized spacial score (nSPS) is 17.4. The van der Waals surface area contributed by atoms with Crippen LogP contribution in [-0.2, 0) is 0 Å². The molecule has 1 aliphatic rings. The van der Waals surface area contributed by atoms with E-state index in [-0.39, 0.29) is 23.0 Å². The molecule has 1 heterocycles. The van der Waals surface area contributed by atoms with Crippen molar-refractivity contribution in [3.8, 4) is 11.5 Å². The van der Waals surface area contributed by atoms with Gasteiger partial charge < -0.3 is 20.1 Å². The van der Waals surface area contributed by atoms with Gasteiger partial charge in [0.1, 0.15) is 5.56 Å². The molecule has 0 bridgehead atoms. The minimum atomic E-state index is -0.591. The molecule has 2 N–H and O–H groups in total. The number of nitrogens with one attached hydrogen (secondary N) is 2. The van der Waals surface area contributed by atoms with Crippen molar-refractivity contribution in [2.45, 2.75) is 25.8 Å². The molecule has 0 saturated carbocycles. The van der Waals surface area contributed by atoms with Crippen molar-refractivity contribution in [1.82, 2.24) is 10.6 Å². The second kappa shape index (κ2) is 7.77. The highest BCUT2D eigenvalue weighted by Gasteiger charge is 2.26. The molecule has 1 atom stereocenters. The Bertz CT molecular complexity index is 585. The summed E-state index contributed by atoms with van der Waals surface area (Å²) in [5.74, 6) is 0.0657. The average Bonchev–Trinajstić information content (AvgIpc) is 2.55. The maximum Gasteiger partial charge on any atom is 0.286 e. The van der Waals surface area contributed by atoms with E-state index >= 15 is 0 Å². The van der Waals surface area contributed by atoms with Crippen LogP contribution >= 0.6 is 0 Å². The quantitative estimate of drug-likeness (QED) is 0.607. The molecule has 1 fully saturated rings. The van der Waals surface area contributed by atoms with Crippen molar-refractivity contribution in [2.24, 2.45) is 0 Å². The van der Waals surface area contributed by atoms with E-state index in [9.17, 15) is 14.9 Å². The Morgan fingerprint density at radius 3 is 2.83 bits per heavy atom. The van der Waals surface area contributed by atoms with Gasteiger partial charge in [-0.15, -0.1) is 0 Å². The summed E-state index contributed by atoms with van der Waals surface area (Å²) in [5, 5.41) is 17.3. The summed E-state index contributed by atoms with van der Waals surface area (Å²) in [6.07, 6.45) is 1.81. The number of rotatable bonds is 6. The highest BCUT2D eigenvalue weighted by molar-refractivity contribution is 5.99. The van der Waals surface area contributed by atoms with Crippen LogP contribution in [0.5, 0.6) is 11.5 Å². The van der Waals surface area contributed by atoms with Gasteiger partial charge in [-0.1, -0.05) is 0 Å². The van der Waals surface area contributed by atoms with Crippen molar-refractivity contribution >= 4 is 11.6 Å². The van der Waals surface area contributed by atoms with Gasteiger partial charge in [0.05, 0.1) is 24.7 Å².